The van der Waals surface area contributed by atoms with Crippen LogP contribution in [0.3, 0.4) is 0 Å². The van der Waals surface area contributed by atoms with Crippen LogP contribution in [0.15, 0.2) is 261 Å². The van der Waals surface area contributed by atoms with E-state index in [0.29, 0.717) is 20.6 Å². The summed E-state index contributed by atoms with van der Waals surface area (Å²) in [5.74, 6) is 0. The van der Waals surface area contributed by atoms with Crippen molar-refractivity contribution in [1.82, 2.24) is 4.98 Å². The summed E-state index contributed by atoms with van der Waals surface area (Å²) in [6, 6.07) is 99.1. The average Bonchev–Trinajstić information content (AvgIpc) is 1.67. The van der Waals surface area contributed by atoms with Crippen LogP contribution in [-0.2, 0) is 29.1 Å². The van der Waals surface area contributed by atoms with Crippen molar-refractivity contribution in [3.63, 3.8) is 0 Å². The molecule has 0 bridgehead atoms. The van der Waals surface area contributed by atoms with Gasteiger partial charge in [0.1, 0.15) is 12.3 Å². The van der Waals surface area contributed by atoms with Crippen LogP contribution < -0.4 is 43.7 Å². The van der Waals surface area contributed by atoms with Crippen LogP contribution in [0.2, 0.25) is 0 Å². The number of benzene rings is 8. The van der Waals surface area contributed by atoms with Crippen molar-refractivity contribution in [2.75, 3.05) is 0 Å². The largest absolute Gasteiger partial charge is 2.00 e. The summed E-state index contributed by atoms with van der Waals surface area (Å²) in [5.41, 5.74) is 13.3. The van der Waals surface area contributed by atoms with Crippen LogP contribution in [0.1, 0.15) is 115 Å². The van der Waals surface area contributed by atoms with E-state index >= 15 is 0 Å². The zero-order valence-electron chi connectivity index (χ0n) is 54.0. The van der Waals surface area contributed by atoms with Crippen molar-refractivity contribution < 1.29 is 16.8 Å². The number of nitriles is 3. The summed E-state index contributed by atoms with van der Waals surface area (Å²) in [5, 5.41) is 23.5. The van der Waals surface area contributed by atoms with Crippen molar-refractivity contribution in [2.45, 2.75) is 137 Å². The second kappa shape index (κ2) is 35.5. The Morgan fingerprint density at radius 2 is 0.419 bits per heavy atom. The third-order valence-corrected chi connectivity index (χ3v) is 24.3. The van der Waals surface area contributed by atoms with Crippen LogP contribution in [0.5, 0.6) is 0 Å². The predicted molar refractivity (Wildman–Crippen MR) is 381 cm³/mol. The molecule has 8 aromatic carbocycles. The first-order valence-corrected chi connectivity index (χ1v) is 33.3. The Balaban J connectivity index is 0.000000313. The van der Waals surface area contributed by atoms with E-state index in [9.17, 15) is 0 Å². The molecule has 445 valence electrons. The molecule has 0 amide bonds. The molecule has 0 unspecified atom stereocenters. The molecule has 0 fully saturated rings. The van der Waals surface area contributed by atoms with Crippen molar-refractivity contribution in [2.24, 2.45) is 0 Å². The summed E-state index contributed by atoms with van der Waals surface area (Å²) in [7, 11) is -1.17. The van der Waals surface area contributed by atoms with Gasteiger partial charge < -0.3 is 0 Å². The minimum Gasteiger partial charge on any atom is -0.250 e. The van der Waals surface area contributed by atoms with Gasteiger partial charge in [-0.25, -0.2) is 0 Å². The van der Waals surface area contributed by atoms with Gasteiger partial charge in [0.25, 0.3) is 0 Å². The Kier molecular flexibility index (Phi) is 30.2. The third-order valence-electron chi connectivity index (χ3n) is 15.6. The van der Waals surface area contributed by atoms with Crippen LogP contribution >= 0.6 is 15.8 Å². The molecule has 0 spiro atoms. The second-order valence-corrected chi connectivity index (χ2v) is 34.2. The van der Waals surface area contributed by atoms with Crippen LogP contribution in [0.25, 0.3) is 0 Å². The van der Waals surface area contributed by atoms with Crippen molar-refractivity contribution in [3.05, 3.63) is 272 Å². The maximum Gasteiger partial charge on any atom is 2.00 e. The standard InChI is InChI=1S/2C24H20B.C23H43NP2.3C2H3N.Co/c2*1-5-13-21(14-6-1)25(22-15-7-2-8-16-22,23-17-9-3-10-18-23)24-19-11-4-12-20-24;1-20(2,3)25(21(4,5)6)16-18-14-13-15-19(24-18)17-26(22(7,8)9)23(10,11)12;3*1-2-3;/h2*1-20H;13-15H,16-17H2,1-12H3;3*1H3;/q2*-1;;;;;+2/p+2. The summed E-state index contributed by atoms with van der Waals surface area (Å²) in [4.78, 5) is 5.16. The van der Waals surface area contributed by atoms with Gasteiger partial charge in [0.05, 0.1) is 62.5 Å². The summed E-state index contributed by atoms with van der Waals surface area (Å²) in [6.07, 6.45) is -0.101. The molecule has 0 saturated carbocycles. The summed E-state index contributed by atoms with van der Waals surface area (Å²) < 4.78 is 0. The number of pyridine rings is 1. The van der Waals surface area contributed by atoms with Gasteiger partial charge in [-0.1, -0.05) is 249 Å². The molecular formula is C77H94B2CoN4P2+2. The van der Waals surface area contributed by atoms with E-state index in [1.165, 1.54) is 88.2 Å². The normalized spacial score (nSPS) is 11.1. The smallest absolute Gasteiger partial charge is 0.250 e. The molecule has 0 atom stereocenters. The Hall–Kier alpha value is -7.12. The first kappa shape index (κ1) is 73.1. The minimum absolute atomic E-state index is 0. The van der Waals surface area contributed by atoms with Gasteiger partial charge in [-0.05, 0) is 95.2 Å². The topological polar surface area (TPSA) is 84.3 Å². The van der Waals surface area contributed by atoms with Gasteiger partial charge in [-0.2, -0.15) is 59.5 Å². The molecule has 0 aliphatic carbocycles. The van der Waals surface area contributed by atoms with Crippen molar-refractivity contribution >= 4 is 71.8 Å². The van der Waals surface area contributed by atoms with E-state index in [-0.39, 0.29) is 16.8 Å². The molecule has 4 nitrogen and oxygen atoms in total. The van der Waals surface area contributed by atoms with Crippen LogP contribution in [-0.4, -0.2) is 37.9 Å². The zero-order valence-corrected chi connectivity index (χ0v) is 57.1. The van der Waals surface area contributed by atoms with Gasteiger partial charge in [-0.3, -0.25) is 4.98 Å². The minimum atomic E-state index is -1.22. The maximum absolute atomic E-state index is 7.32. The van der Waals surface area contributed by atoms with Gasteiger partial charge in [0, 0.05) is 36.6 Å². The molecule has 0 saturated heterocycles. The monoisotopic (exact) mass is 1220 g/mol. The molecule has 9 heteroatoms. The van der Waals surface area contributed by atoms with Gasteiger partial charge >= 0.3 is 16.8 Å². The summed E-state index contributed by atoms with van der Waals surface area (Å²) >= 11 is 0. The molecule has 9 aromatic rings. The van der Waals surface area contributed by atoms with E-state index < -0.39 is 28.1 Å². The van der Waals surface area contributed by atoms with E-state index in [4.69, 9.17) is 20.8 Å². The number of aromatic nitrogens is 1. The first-order valence-electron chi connectivity index (χ1n) is 29.9. The van der Waals surface area contributed by atoms with Gasteiger partial charge in [0.15, 0.2) is 0 Å². The molecule has 0 aliphatic heterocycles. The maximum atomic E-state index is 7.32. The molecule has 1 heterocycles. The number of hydrogen-bond acceptors (Lipinski definition) is 4. The molecule has 0 aliphatic rings. The molecule has 0 N–H and O–H groups in total. The average molecular weight is 1220 g/mol. The Morgan fingerprint density at radius 1 is 0.279 bits per heavy atom. The zero-order chi connectivity index (χ0) is 62.6. The second-order valence-electron chi connectivity index (χ2n) is 25.6. The Morgan fingerprint density at radius 3 is 0.547 bits per heavy atom. The van der Waals surface area contributed by atoms with E-state index in [1.54, 1.807) is 18.2 Å². The van der Waals surface area contributed by atoms with E-state index in [2.05, 4.69) is 344 Å². The molecule has 86 heavy (non-hydrogen) atoms. The first-order chi connectivity index (χ1) is 40.5. The SMILES string of the molecule is CC#N.CC#N.CC#N.CC(C)(C)[PH+](Cc1cccc(C[PH+](C(C)(C)C)C(C)(C)C)n1)C(C)(C)C.[Co+2].c1ccc([B-](c2ccccc2)(c2ccccc2)c2ccccc2)cc1.c1ccc([B-](c2ccccc2)(c2ccccc2)c2ccccc2)cc1. The molecule has 9 rings (SSSR count). The third kappa shape index (κ3) is 20.5. The number of nitrogens with zero attached hydrogens (tertiary/aromatic N) is 4. The van der Waals surface area contributed by atoms with E-state index in [1.807, 2.05) is 0 Å². The predicted octanol–water partition coefficient (Wildman–Crippen LogP) is 15.4. The van der Waals surface area contributed by atoms with Crippen LogP contribution in [0, 0.1) is 34.0 Å². The van der Waals surface area contributed by atoms with Crippen molar-refractivity contribution in [3.8, 4) is 18.2 Å². The quantitative estimate of drug-likeness (QED) is 0.0901. The number of rotatable bonds is 12. The molecule has 1 radical (unpaired) electrons. The van der Waals surface area contributed by atoms with Crippen LogP contribution in [0.4, 0.5) is 0 Å². The summed E-state index contributed by atoms with van der Waals surface area (Å²) in [6.45, 7) is 33.3. The van der Waals surface area contributed by atoms with Gasteiger partial charge in [0.2, 0.25) is 0 Å². The van der Waals surface area contributed by atoms with Gasteiger partial charge in [-0.15, -0.1) is 0 Å². The fraction of sp³-hybridized carbons (Fsp3) is 0.273. The Labute approximate surface area is 533 Å². The molecular weight excluding hydrogens is 1120 g/mol. The number of hydrogen-bond donors (Lipinski definition) is 0. The fourth-order valence-electron chi connectivity index (χ4n) is 12.6. The Bertz CT molecular complexity index is 2830. The fourth-order valence-corrected chi connectivity index (χ4v) is 20.4. The molecule has 1 aromatic heterocycles. The van der Waals surface area contributed by atoms with E-state index in [0.717, 1.165) is 0 Å². The van der Waals surface area contributed by atoms with Crippen molar-refractivity contribution in [1.29, 1.82) is 15.8 Å².